The number of hydrogen-bond acceptors (Lipinski definition) is 2. The Hall–Kier alpha value is -0.500. The molecule has 1 aliphatic rings. The summed E-state index contributed by atoms with van der Waals surface area (Å²) in [7, 11) is 0. The fourth-order valence-corrected chi connectivity index (χ4v) is 2.06. The first-order valence-electron chi connectivity index (χ1n) is 5.73. The summed E-state index contributed by atoms with van der Waals surface area (Å²) < 4.78 is 5.43. The molecule has 1 fully saturated rings. The number of rotatable bonds is 5. The Morgan fingerprint density at radius 3 is 2.79 bits per heavy atom. The third-order valence-electron chi connectivity index (χ3n) is 3.28. The van der Waals surface area contributed by atoms with Gasteiger partial charge in [0.05, 0.1) is 12.4 Å². The van der Waals surface area contributed by atoms with Crippen molar-refractivity contribution >= 4 is 0 Å². The van der Waals surface area contributed by atoms with E-state index in [0.29, 0.717) is 5.41 Å². The van der Waals surface area contributed by atoms with E-state index in [-0.39, 0.29) is 0 Å². The highest BCUT2D eigenvalue weighted by molar-refractivity contribution is 4.97. The van der Waals surface area contributed by atoms with E-state index in [9.17, 15) is 0 Å². The van der Waals surface area contributed by atoms with Crippen molar-refractivity contribution in [3.05, 3.63) is 11.8 Å². The molecule has 0 aromatic carbocycles. The predicted molar refractivity (Wildman–Crippen MR) is 60.2 cm³/mol. The summed E-state index contributed by atoms with van der Waals surface area (Å²) in [4.78, 5) is 0. The molecule has 2 nitrogen and oxygen atoms in total. The third kappa shape index (κ3) is 3.02. The van der Waals surface area contributed by atoms with Crippen molar-refractivity contribution in [1.29, 1.82) is 0 Å². The number of allylic oxidation sites excluding steroid dienone is 2. The van der Waals surface area contributed by atoms with Crippen LogP contribution in [0.1, 0.15) is 40.0 Å². The summed E-state index contributed by atoms with van der Waals surface area (Å²) in [5, 5.41) is 3.45. The van der Waals surface area contributed by atoms with Gasteiger partial charge in [0.2, 0.25) is 0 Å². The normalized spacial score (nSPS) is 28.1. The fraction of sp³-hybridized carbons (Fsp3) is 0.833. The lowest BCUT2D eigenvalue weighted by molar-refractivity contribution is 0.225. The highest BCUT2D eigenvalue weighted by Gasteiger charge is 2.30. The topological polar surface area (TPSA) is 21.3 Å². The van der Waals surface area contributed by atoms with Gasteiger partial charge in [-0.05, 0) is 51.1 Å². The number of ether oxygens (including phenoxy) is 1. The van der Waals surface area contributed by atoms with Crippen molar-refractivity contribution in [3.8, 4) is 0 Å². The van der Waals surface area contributed by atoms with Gasteiger partial charge < -0.3 is 10.1 Å². The van der Waals surface area contributed by atoms with Crippen molar-refractivity contribution in [2.24, 2.45) is 5.41 Å². The Bertz CT molecular complexity index is 192. The van der Waals surface area contributed by atoms with E-state index in [2.05, 4.69) is 25.2 Å². The molecule has 2 heteroatoms. The van der Waals surface area contributed by atoms with Crippen LogP contribution >= 0.6 is 0 Å². The Kier molecular flexibility index (Phi) is 4.46. The number of hydrogen-bond donors (Lipinski definition) is 1. The van der Waals surface area contributed by atoms with Gasteiger partial charge in [0, 0.05) is 6.54 Å². The molecule has 0 bridgehead atoms. The van der Waals surface area contributed by atoms with Gasteiger partial charge in [0.15, 0.2) is 0 Å². The Morgan fingerprint density at radius 2 is 2.29 bits per heavy atom. The van der Waals surface area contributed by atoms with Crippen LogP contribution in [0.25, 0.3) is 0 Å². The van der Waals surface area contributed by atoms with E-state index in [1.54, 1.807) is 0 Å². The third-order valence-corrected chi connectivity index (χ3v) is 3.28. The Morgan fingerprint density at radius 1 is 1.50 bits per heavy atom. The molecule has 82 valence electrons. The maximum absolute atomic E-state index is 5.43. The molecular weight excluding hydrogens is 174 g/mol. The zero-order valence-corrected chi connectivity index (χ0v) is 9.73. The van der Waals surface area contributed by atoms with Gasteiger partial charge in [0.1, 0.15) is 0 Å². The average Bonchev–Trinajstić information content (AvgIpc) is 2.65. The van der Waals surface area contributed by atoms with Gasteiger partial charge in [-0.25, -0.2) is 0 Å². The molecule has 1 heterocycles. The molecule has 1 N–H and O–H groups in total. The van der Waals surface area contributed by atoms with Crippen molar-refractivity contribution < 1.29 is 4.74 Å². The fourth-order valence-electron chi connectivity index (χ4n) is 2.06. The molecule has 0 spiro atoms. The first kappa shape index (κ1) is 11.6. The van der Waals surface area contributed by atoms with Gasteiger partial charge in [-0.1, -0.05) is 6.92 Å². The van der Waals surface area contributed by atoms with Gasteiger partial charge in [-0.15, -0.1) is 0 Å². The standard InChI is InChI=1S/C12H23NO/c1-4-12(8-9-13-10-12)7-6-11(3)14-5-2/h6,13H,4-5,7-10H2,1-3H3/b11-6-. The SMILES string of the molecule is CCO/C(C)=C\CC1(CC)CCNC1. The zero-order valence-electron chi connectivity index (χ0n) is 9.73. The van der Waals surface area contributed by atoms with Crippen LogP contribution in [0, 0.1) is 5.41 Å². The van der Waals surface area contributed by atoms with E-state index in [1.807, 2.05) is 6.92 Å². The van der Waals surface area contributed by atoms with Gasteiger partial charge >= 0.3 is 0 Å². The molecule has 14 heavy (non-hydrogen) atoms. The van der Waals surface area contributed by atoms with Gasteiger partial charge in [-0.3, -0.25) is 0 Å². The minimum Gasteiger partial charge on any atom is -0.499 e. The zero-order chi connectivity index (χ0) is 10.4. The highest BCUT2D eigenvalue weighted by atomic mass is 16.5. The molecule has 0 aromatic heterocycles. The predicted octanol–water partition coefficient (Wildman–Crippen LogP) is 2.71. The van der Waals surface area contributed by atoms with Gasteiger partial charge in [0.25, 0.3) is 0 Å². The second-order valence-corrected chi connectivity index (χ2v) is 4.23. The van der Waals surface area contributed by atoms with Crippen LogP contribution in [0.5, 0.6) is 0 Å². The molecule has 1 aliphatic heterocycles. The highest BCUT2D eigenvalue weighted by Crippen LogP contribution is 2.33. The summed E-state index contributed by atoms with van der Waals surface area (Å²) in [5.74, 6) is 1.08. The summed E-state index contributed by atoms with van der Waals surface area (Å²) >= 11 is 0. The smallest absolute Gasteiger partial charge is 0.0889 e. The van der Waals surface area contributed by atoms with E-state index >= 15 is 0 Å². The minimum atomic E-state index is 0.498. The monoisotopic (exact) mass is 197 g/mol. The maximum Gasteiger partial charge on any atom is 0.0889 e. The van der Waals surface area contributed by atoms with Crippen LogP contribution in [0.2, 0.25) is 0 Å². The molecule has 0 amide bonds. The molecule has 0 aromatic rings. The van der Waals surface area contributed by atoms with E-state index < -0.39 is 0 Å². The molecule has 0 saturated carbocycles. The molecule has 1 unspecified atom stereocenters. The van der Waals surface area contributed by atoms with Crippen LogP contribution in [0.15, 0.2) is 11.8 Å². The number of nitrogens with one attached hydrogen (secondary N) is 1. The van der Waals surface area contributed by atoms with Crippen molar-refractivity contribution in [2.45, 2.75) is 40.0 Å². The van der Waals surface area contributed by atoms with Crippen LogP contribution < -0.4 is 5.32 Å². The molecule has 1 atom stereocenters. The molecule has 1 rings (SSSR count). The maximum atomic E-state index is 5.43. The van der Waals surface area contributed by atoms with Gasteiger partial charge in [-0.2, -0.15) is 0 Å². The molecule has 1 saturated heterocycles. The summed E-state index contributed by atoms with van der Waals surface area (Å²) in [5.41, 5.74) is 0.498. The second-order valence-electron chi connectivity index (χ2n) is 4.23. The lowest BCUT2D eigenvalue weighted by Gasteiger charge is -2.25. The first-order valence-corrected chi connectivity index (χ1v) is 5.73. The molecule has 0 aliphatic carbocycles. The Labute approximate surface area is 87.7 Å². The largest absolute Gasteiger partial charge is 0.499 e. The van der Waals surface area contributed by atoms with E-state index in [4.69, 9.17) is 4.74 Å². The Balaban J connectivity index is 2.44. The first-order chi connectivity index (χ1) is 6.72. The van der Waals surface area contributed by atoms with Crippen LogP contribution in [0.4, 0.5) is 0 Å². The van der Waals surface area contributed by atoms with Crippen LogP contribution in [-0.4, -0.2) is 19.7 Å². The lowest BCUT2D eigenvalue weighted by atomic mass is 9.81. The molecule has 0 radical (unpaired) electrons. The quantitative estimate of drug-likeness (QED) is 0.684. The average molecular weight is 197 g/mol. The molecular formula is C12H23NO. The second kappa shape index (κ2) is 5.40. The van der Waals surface area contributed by atoms with Crippen molar-refractivity contribution in [2.75, 3.05) is 19.7 Å². The minimum absolute atomic E-state index is 0.498. The van der Waals surface area contributed by atoms with Crippen molar-refractivity contribution in [1.82, 2.24) is 5.32 Å². The van der Waals surface area contributed by atoms with Crippen LogP contribution in [0.3, 0.4) is 0 Å². The summed E-state index contributed by atoms with van der Waals surface area (Å²) in [6, 6.07) is 0. The lowest BCUT2D eigenvalue weighted by Crippen LogP contribution is -2.22. The van der Waals surface area contributed by atoms with E-state index in [0.717, 1.165) is 18.8 Å². The van der Waals surface area contributed by atoms with Crippen LogP contribution in [-0.2, 0) is 4.74 Å². The summed E-state index contributed by atoms with van der Waals surface area (Å²) in [6.45, 7) is 9.49. The van der Waals surface area contributed by atoms with E-state index in [1.165, 1.54) is 25.9 Å². The van der Waals surface area contributed by atoms with Crippen molar-refractivity contribution in [3.63, 3.8) is 0 Å². The summed E-state index contributed by atoms with van der Waals surface area (Å²) in [6.07, 6.45) is 5.97.